The minimum atomic E-state index is -0.287. The van der Waals surface area contributed by atoms with Crippen molar-refractivity contribution in [2.24, 2.45) is 4.99 Å². The minimum absolute atomic E-state index is 0.0215. The Morgan fingerprint density at radius 1 is 1.08 bits per heavy atom. The Kier molecular flexibility index (Phi) is 6.93. The van der Waals surface area contributed by atoms with E-state index < -0.39 is 0 Å². The number of fused-ring (bicyclic) bond motifs is 1. The fourth-order valence-electron chi connectivity index (χ4n) is 4.44. The van der Waals surface area contributed by atoms with Crippen LogP contribution in [0.1, 0.15) is 23.6 Å². The average molecular weight is 536 g/mol. The maximum atomic E-state index is 13.5. The smallest absolute Gasteiger partial charge is 0.283 e. The summed E-state index contributed by atoms with van der Waals surface area (Å²) in [5.41, 5.74) is 4.72. The molecule has 2 heterocycles. The Labute approximate surface area is 224 Å². The van der Waals surface area contributed by atoms with Crippen LogP contribution in [0.5, 0.6) is 0 Å². The number of thioether (sulfide) groups is 1. The maximum Gasteiger partial charge on any atom is 0.283 e. The van der Waals surface area contributed by atoms with Gasteiger partial charge in [-0.2, -0.15) is 0 Å². The molecule has 0 fully saturated rings. The Morgan fingerprint density at radius 2 is 1.83 bits per heavy atom. The third-order valence-corrected chi connectivity index (χ3v) is 7.95. The highest BCUT2D eigenvalue weighted by atomic mass is 35.5. The molecule has 0 saturated heterocycles. The number of hydrogen-bond donors (Lipinski definition) is 0. The van der Waals surface area contributed by atoms with Crippen LogP contribution in [0.2, 0.25) is 10.0 Å². The molecular formula is C28H23Cl2N3O2S. The molecule has 36 heavy (non-hydrogen) atoms. The first-order chi connectivity index (χ1) is 17.3. The molecular weight excluding hydrogens is 513 g/mol. The summed E-state index contributed by atoms with van der Waals surface area (Å²) in [6.45, 7) is 4.03. The van der Waals surface area contributed by atoms with Gasteiger partial charge in [-0.3, -0.25) is 14.5 Å². The lowest BCUT2D eigenvalue weighted by molar-refractivity contribution is -0.116. The number of anilines is 2. The summed E-state index contributed by atoms with van der Waals surface area (Å²) in [4.78, 5) is 34.8. The molecule has 0 N–H and O–H groups in total. The molecule has 5 nitrogen and oxygen atoms in total. The first-order valence-electron chi connectivity index (χ1n) is 11.5. The van der Waals surface area contributed by atoms with Crippen molar-refractivity contribution >= 4 is 69.4 Å². The average Bonchev–Trinajstić information content (AvgIpc) is 3.36. The van der Waals surface area contributed by atoms with Crippen LogP contribution in [0.4, 0.5) is 11.4 Å². The van der Waals surface area contributed by atoms with E-state index in [1.165, 1.54) is 17.3 Å². The minimum Gasteiger partial charge on any atom is -0.308 e. The summed E-state index contributed by atoms with van der Waals surface area (Å²) in [5.74, 6) is -0.158. The number of amides is 2. The van der Waals surface area contributed by atoms with Gasteiger partial charge in [-0.05, 0) is 61.7 Å². The Bertz CT molecular complexity index is 1420. The summed E-state index contributed by atoms with van der Waals surface area (Å²) in [6.07, 6.45) is 2.46. The largest absolute Gasteiger partial charge is 0.308 e. The molecule has 3 aromatic rings. The van der Waals surface area contributed by atoms with Gasteiger partial charge in [-0.1, -0.05) is 83.0 Å². The van der Waals surface area contributed by atoms with Crippen molar-refractivity contribution in [2.45, 2.75) is 26.3 Å². The topological polar surface area (TPSA) is 53.0 Å². The molecule has 0 radical (unpaired) electrons. The third kappa shape index (κ3) is 4.69. The molecule has 0 unspecified atom stereocenters. The van der Waals surface area contributed by atoms with Crippen molar-refractivity contribution in [1.82, 2.24) is 0 Å². The number of aliphatic imine (C=N–C) groups is 1. The van der Waals surface area contributed by atoms with Crippen LogP contribution in [0.15, 0.2) is 77.4 Å². The van der Waals surface area contributed by atoms with Gasteiger partial charge >= 0.3 is 0 Å². The molecule has 2 amide bonds. The van der Waals surface area contributed by atoms with Crippen molar-refractivity contribution in [2.75, 3.05) is 15.6 Å². The lowest BCUT2D eigenvalue weighted by atomic mass is 10.1. The number of hydrogen-bond acceptors (Lipinski definition) is 4. The standard InChI is InChI=1S/C28H23Cl2N3O2S/c1-17-10-12-21(13-11-17)33-27(35)23(15-20-7-5-8-22(29)26(20)30)31-28(33)36-16-25(34)32-18(2)14-19-6-3-4-9-24(19)32/h3-13,15,18H,14,16H2,1-2H3/b23-15-/t18-/m0/s1. The number of aryl methyl sites for hydroxylation is 1. The highest BCUT2D eigenvalue weighted by Gasteiger charge is 2.35. The van der Waals surface area contributed by atoms with E-state index >= 15 is 0 Å². The molecule has 0 aromatic heterocycles. The van der Waals surface area contributed by atoms with Crippen molar-refractivity contribution in [3.05, 3.63) is 99.2 Å². The summed E-state index contributed by atoms with van der Waals surface area (Å²) in [7, 11) is 0. The van der Waals surface area contributed by atoms with Gasteiger partial charge in [-0.15, -0.1) is 0 Å². The van der Waals surface area contributed by atoms with E-state index in [0.29, 0.717) is 26.5 Å². The molecule has 2 aliphatic heterocycles. The second-order valence-corrected chi connectivity index (χ2v) is 10.5. The Balaban J connectivity index is 1.44. The van der Waals surface area contributed by atoms with E-state index in [-0.39, 0.29) is 29.3 Å². The summed E-state index contributed by atoms with van der Waals surface area (Å²) in [6, 6.07) is 20.9. The van der Waals surface area contributed by atoms with Crippen LogP contribution in [0.3, 0.4) is 0 Å². The van der Waals surface area contributed by atoms with E-state index in [4.69, 9.17) is 23.2 Å². The summed E-state index contributed by atoms with van der Waals surface area (Å²) in [5, 5.41) is 1.20. The fourth-order valence-corrected chi connectivity index (χ4v) is 5.67. The van der Waals surface area contributed by atoms with Crippen LogP contribution < -0.4 is 9.80 Å². The van der Waals surface area contributed by atoms with Crippen LogP contribution in [-0.4, -0.2) is 28.8 Å². The number of halogens is 2. The molecule has 0 spiro atoms. The van der Waals surface area contributed by atoms with Gasteiger partial charge in [0.1, 0.15) is 5.70 Å². The van der Waals surface area contributed by atoms with Gasteiger partial charge in [0, 0.05) is 11.7 Å². The number of amidine groups is 1. The third-order valence-electron chi connectivity index (χ3n) is 6.20. The van der Waals surface area contributed by atoms with Gasteiger partial charge < -0.3 is 4.90 Å². The quantitative estimate of drug-likeness (QED) is 0.347. The fraction of sp³-hybridized carbons (Fsp3) is 0.179. The second-order valence-electron chi connectivity index (χ2n) is 8.78. The number of carbonyl (C=O) groups is 2. The zero-order valence-electron chi connectivity index (χ0n) is 19.7. The number of para-hydroxylation sites is 1. The van der Waals surface area contributed by atoms with Crippen LogP contribution in [0, 0.1) is 6.92 Å². The maximum absolute atomic E-state index is 13.5. The Hall–Kier alpha value is -3.06. The molecule has 1 atom stereocenters. The number of carbonyl (C=O) groups excluding carboxylic acids is 2. The highest BCUT2D eigenvalue weighted by molar-refractivity contribution is 8.14. The molecule has 5 rings (SSSR count). The van der Waals surface area contributed by atoms with Crippen LogP contribution in [0.25, 0.3) is 6.08 Å². The van der Waals surface area contributed by atoms with Crippen LogP contribution in [-0.2, 0) is 16.0 Å². The lowest BCUT2D eigenvalue weighted by Gasteiger charge is -2.23. The van der Waals surface area contributed by atoms with Crippen molar-refractivity contribution in [3.63, 3.8) is 0 Å². The van der Waals surface area contributed by atoms with Gasteiger partial charge in [0.15, 0.2) is 5.17 Å². The molecule has 2 aliphatic rings. The first-order valence-corrected chi connectivity index (χ1v) is 13.3. The van der Waals surface area contributed by atoms with Gasteiger partial charge in [0.2, 0.25) is 5.91 Å². The van der Waals surface area contributed by atoms with E-state index in [2.05, 4.69) is 11.1 Å². The highest BCUT2D eigenvalue weighted by Crippen LogP contribution is 2.35. The molecule has 182 valence electrons. The summed E-state index contributed by atoms with van der Waals surface area (Å²) >= 11 is 13.8. The molecule has 0 saturated carbocycles. The molecule has 3 aromatic carbocycles. The van der Waals surface area contributed by atoms with Crippen molar-refractivity contribution in [3.8, 4) is 0 Å². The predicted octanol–water partition coefficient (Wildman–Crippen LogP) is 6.76. The lowest BCUT2D eigenvalue weighted by Crippen LogP contribution is -2.38. The summed E-state index contributed by atoms with van der Waals surface area (Å²) < 4.78 is 0. The second kappa shape index (κ2) is 10.1. The number of rotatable bonds is 4. The normalized spacial score (nSPS) is 18.1. The zero-order chi connectivity index (χ0) is 25.4. The van der Waals surface area contributed by atoms with E-state index in [1.54, 1.807) is 29.2 Å². The number of benzene rings is 3. The monoisotopic (exact) mass is 535 g/mol. The van der Waals surface area contributed by atoms with E-state index in [9.17, 15) is 9.59 Å². The van der Waals surface area contributed by atoms with Crippen molar-refractivity contribution < 1.29 is 9.59 Å². The first kappa shape index (κ1) is 24.6. The molecule has 8 heteroatoms. The molecule has 0 bridgehead atoms. The Morgan fingerprint density at radius 3 is 2.61 bits per heavy atom. The predicted molar refractivity (Wildman–Crippen MR) is 150 cm³/mol. The number of nitrogens with zero attached hydrogens (tertiary/aromatic N) is 3. The van der Waals surface area contributed by atoms with Crippen LogP contribution >= 0.6 is 35.0 Å². The molecule has 0 aliphatic carbocycles. The van der Waals surface area contributed by atoms with Gasteiger partial charge in [-0.25, -0.2) is 4.99 Å². The zero-order valence-corrected chi connectivity index (χ0v) is 22.1. The van der Waals surface area contributed by atoms with Gasteiger partial charge in [0.05, 0.1) is 21.5 Å². The van der Waals surface area contributed by atoms with Gasteiger partial charge in [0.25, 0.3) is 5.91 Å². The SMILES string of the molecule is Cc1ccc(N2C(=O)/C(=C/c3cccc(Cl)c3Cl)N=C2SCC(=O)N2c3ccccc3C[C@@H]2C)cc1. The van der Waals surface area contributed by atoms with Crippen molar-refractivity contribution in [1.29, 1.82) is 0 Å². The van der Waals surface area contributed by atoms with E-state index in [1.807, 2.05) is 61.2 Å². The van der Waals surface area contributed by atoms with E-state index in [0.717, 1.165) is 17.7 Å².